The number of rotatable bonds is 9. The number of carbonyl (C=O) groups is 1. The quantitative estimate of drug-likeness (QED) is 0.514. The average Bonchev–Trinajstić information content (AvgIpc) is 2.38. The highest BCUT2D eigenvalue weighted by molar-refractivity contribution is 5.69. The Balaban J connectivity index is 1.87. The Kier molecular flexibility index (Phi) is 8.84. The van der Waals surface area contributed by atoms with Crippen molar-refractivity contribution in [3.63, 3.8) is 0 Å². The van der Waals surface area contributed by atoms with Crippen molar-refractivity contribution >= 4 is 5.97 Å². The number of likely N-dealkylation sites (tertiary alicyclic amines) is 1. The minimum atomic E-state index is -0.0549. The zero-order valence-corrected chi connectivity index (χ0v) is 12.6. The van der Waals surface area contributed by atoms with Gasteiger partial charge in [-0.15, -0.1) is 0 Å². The first-order valence-corrected chi connectivity index (χ1v) is 7.77. The van der Waals surface area contributed by atoms with Gasteiger partial charge < -0.3 is 15.0 Å². The van der Waals surface area contributed by atoms with E-state index in [4.69, 9.17) is 4.74 Å². The van der Waals surface area contributed by atoms with E-state index in [2.05, 4.69) is 17.3 Å². The molecule has 112 valence electrons. The average molecular weight is 270 g/mol. The van der Waals surface area contributed by atoms with Gasteiger partial charge in [-0.25, -0.2) is 0 Å². The summed E-state index contributed by atoms with van der Waals surface area (Å²) in [4.78, 5) is 13.6. The van der Waals surface area contributed by atoms with E-state index in [1.165, 1.54) is 25.9 Å². The Morgan fingerprint density at radius 2 is 2.21 bits per heavy atom. The van der Waals surface area contributed by atoms with Gasteiger partial charge in [0.15, 0.2) is 0 Å². The van der Waals surface area contributed by atoms with Crippen LogP contribution >= 0.6 is 0 Å². The molecule has 0 spiro atoms. The third kappa shape index (κ3) is 8.22. The molecule has 1 heterocycles. The number of unbranched alkanes of at least 4 members (excludes halogenated alkanes) is 2. The van der Waals surface area contributed by atoms with Crippen LogP contribution in [0.15, 0.2) is 0 Å². The van der Waals surface area contributed by atoms with Gasteiger partial charge in [-0.1, -0.05) is 6.42 Å². The number of hydrogen-bond acceptors (Lipinski definition) is 4. The largest absolute Gasteiger partial charge is 0.466 e. The van der Waals surface area contributed by atoms with Crippen LogP contribution in [0.4, 0.5) is 0 Å². The number of ether oxygens (including phenoxy) is 1. The maximum absolute atomic E-state index is 11.1. The van der Waals surface area contributed by atoms with Crippen molar-refractivity contribution in [2.24, 2.45) is 5.92 Å². The smallest absolute Gasteiger partial charge is 0.305 e. The second-order valence-corrected chi connectivity index (χ2v) is 5.59. The lowest BCUT2D eigenvalue weighted by atomic mass is 9.98. The van der Waals surface area contributed by atoms with Crippen LogP contribution in [0.1, 0.15) is 45.4 Å². The molecule has 19 heavy (non-hydrogen) atoms. The fourth-order valence-corrected chi connectivity index (χ4v) is 2.68. The lowest BCUT2D eigenvalue weighted by Gasteiger charge is -2.29. The number of nitrogens with zero attached hydrogens (tertiary/aromatic N) is 1. The zero-order valence-electron chi connectivity index (χ0n) is 12.6. The highest BCUT2D eigenvalue weighted by Crippen LogP contribution is 2.13. The Morgan fingerprint density at radius 1 is 1.37 bits per heavy atom. The van der Waals surface area contributed by atoms with Crippen molar-refractivity contribution in [2.75, 3.05) is 39.8 Å². The van der Waals surface area contributed by atoms with Crippen LogP contribution in [0.3, 0.4) is 0 Å². The summed E-state index contributed by atoms with van der Waals surface area (Å²) in [5.41, 5.74) is 0. The van der Waals surface area contributed by atoms with E-state index in [1.54, 1.807) is 0 Å². The molecule has 0 aromatic heterocycles. The molecule has 1 aliphatic heterocycles. The van der Waals surface area contributed by atoms with Crippen LogP contribution in [0.25, 0.3) is 0 Å². The van der Waals surface area contributed by atoms with Crippen molar-refractivity contribution in [3.05, 3.63) is 0 Å². The van der Waals surface area contributed by atoms with Gasteiger partial charge in [0.05, 0.1) is 6.61 Å². The lowest BCUT2D eigenvalue weighted by molar-refractivity contribution is -0.143. The van der Waals surface area contributed by atoms with Crippen molar-refractivity contribution in [1.82, 2.24) is 10.2 Å². The first-order chi connectivity index (χ1) is 9.22. The lowest BCUT2D eigenvalue weighted by Crippen LogP contribution is -2.37. The van der Waals surface area contributed by atoms with E-state index >= 15 is 0 Å². The van der Waals surface area contributed by atoms with Crippen molar-refractivity contribution < 1.29 is 9.53 Å². The molecule has 0 bridgehead atoms. The van der Waals surface area contributed by atoms with E-state index in [1.807, 2.05) is 6.92 Å². The summed E-state index contributed by atoms with van der Waals surface area (Å²) in [7, 11) is 2.21. The summed E-state index contributed by atoms with van der Waals surface area (Å²) in [6.07, 6.45) is 6.48. The van der Waals surface area contributed by atoms with Gasteiger partial charge >= 0.3 is 5.97 Å². The maximum Gasteiger partial charge on any atom is 0.305 e. The van der Waals surface area contributed by atoms with Crippen LogP contribution in [0.5, 0.6) is 0 Å². The molecule has 1 N–H and O–H groups in total. The molecule has 1 fully saturated rings. The summed E-state index contributed by atoms with van der Waals surface area (Å²) in [5, 5.41) is 3.55. The number of esters is 1. The maximum atomic E-state index is 11.1. The zero-order chi connectivity index (χ0) is 13.9. The highest BCUT2D eigenvalue weighted by Gasteiger charge is 2.16. The van der Waals surface area contributed by atoms with E-state index < -0.39 is 0 Å². The third-order valence-corrected chi connectivity index (χ3v) is 3.69. The summed E-state index contributed by atoms with van der Waals surface area (Å²) >= 11 is 0. The van der Waals surface area contributed by atoms with Crippen LogP contribution in [-0.2, 0) is 9.53 Å². The van der Waals surface area contributed by atoms with Gasteiger partial charge in [0.2, 0.25) is 0 Å². The minimum Gasteiger partial charge on any atom is -0.466 e. The predicted molar refractivity (Wildman–Crippen MR) is 78.2 cm³/mol. The molecular weight excluding hydrogens is 240 g/mol. The molecular formula is C15H30N2O2. The van der Waals surface area contributed by atoms with Gasteiger partial charge in [0.25, 0.3) is 0 Å². The topological polar surface area (TPSA) is 41.6 Å². The Morgan fingerprint density at radius 3 is 2.95 bits per heavy atom. The molecule has 0 saturated carbocycles. The van der Waals surface area contributed by atoms with Gasteiger partial charge in [-0.2, -0.15) is 0 Å². The number of carbonyl (C=O) groups excluding carboxylic acids is 1. The summed E-state index contributed by atoms with van der Waals surface area (Å²) < 4.78 is 4.90. The molecule has 0 aromatic carbocycles. The monoisotopic (exact) mass is 270 g/mol. The van der Waals surface area contributed by atoms with Crippen molar-refractivity contribution in [3.8, 4) is 0 Å². The van der Waals surface area contributed by atoms with E-state index in [0.29, 0.717) is 13.0 Å². The summed E-state index contributed by atoms with van der Waals surface area (Å²) in [6.45, 7) is 7.05. The molecule has 0 aromatic rings. The molecule has 4 heteroatoms. The van der Waals surface area contributed by atoms with Crippen LogP contribution in [-0.4, -0.2) is 50.7 Å². The van der Waals surface area contributed by atoms with Gasteiger partial charge in [-0.3, -0.25) is 4.79 Å². The van der Waals surface area contributed by atoms with Crippen molar-refractivity contribution in [2.45, 2.75) is 45.4 Å². The van der Waals surface area contributed by atoms with Crippen molar-refractivity contribution in [1.29, 1.82) is 0 Å². The Bertz CT molecular complexity index is 246. The molecule has 1 unspecified atom stereocenters. The predicted octanol–water partition coefficient (Wildman–Crippen LogP) is 2.04. The van der Waals surface area contributed by atoms with Gasteiger partial charge in [0, 0.05) is 13.0 Å². The van der Waals surface area contributed by atoms with Crippen LogP contribution in [0.2, 0.25) is 0 Å². The first-order valence-electron chi connectivity index (χ1n) is 7.77. The van der Waals surface area contributed by atoms with Gasteiger partial charge in [0.1, 0.15) is 0 Å². The molecule has 0 radical (unpaired) electrons. The number of piperidine rings is 1. The first kappa shape index (κ1) is 16.4. The molecule has 1 rings (SSSR count). The van der Waals surface area contributed by atoms with Crippen LogP contribution < -0.4 is 5.32 Å². The molecule has 1 aliphatic rings. The van der Waals surface area contributed by atoms with E-state index in [-0.39, 0.29) is 5.97 Å². The fraction of sp³-hybridized carbons (Fsp3) is 0.933. The van der Waals surface area contributed by atoms with E-state index in [0.717, 1.165) is 38.3 Å². The second-order valence-electron chi connectivity index (χ2n) is 5.59. The minimum absolute atomic E-state index is 0.0549. The standard InChI is InChI=1S/C15H30N2O2/c1-3-19-15(18)9-5-4-6-10-16-12-14-8-7-11-17(2)13-14/h14,16H,3-13H2,1-2H3. The second kappa shape index (κ2) is 10.2. The molecule has 0 amide bonds. The Labute approximate surface area is 117 Å². The van der Waals surface area contributed by atoms with E-state index in [9.17, 15) is 4.79 Å². The number of hydrogen-bond donors (Lipinski definition) is 1. The Hall–Kier alpha value is -0.610. The van der Waals surface area contributed by atoms with Crippen LogP contribution in [0, 0.1) is 5.92 Å². The SMILES string of the molecule is CCOC(=O)CCCCCNCC1CCCN(C)C1. The fourth-order valence-electron chi connectivity index (χ4n) is 2.68. The third-order valence-electron chi connectivity index (χ3n) is 3.69. The summed E-state index contributed by atoms with van der Waals surface area (Å²) in [5.74, 6) is 0.763. The van der Waals surface area contributed by atoms with Gasteiger partial charge in [-0.05, 0) is 65.2 Å². The number of nitrogens with one attached hydrogen (secondary N) is 1. The molecule has 0 aliphatic carbocycles. The summed E-state index contributed by atoms with van der Waals surface area (Å²) in [6, 6.07) is 0. The molecule has 4 nitrogen and oxygen atoms in total. The highest BCUT2D eigenvalue weighted by atomic mass is 16.5. The molecule has 1 saturated heterocycles. The molecule has 1 atom stereocenters. The normalized spacial score (nSPS) is 20.4.